The molecule has 0 aliphatic rings. The van der Waals surface area contributed by atoms with Gasteiger partial charge < -0.3 is 5.32 Å². The molecule has 1 heterocycles. The molecule has 0 saturated heterocycles. The van der Waals surface area contributed by atoms with Gasteiger partial charge in [-0.2, -0.15) is 5.10 Å². The van der Waals surface area contributed by atoms with Crippen LogP contribution in [0.2, 0.25) is 0 Å². The van der Waals surface area contributed by atoms with Gasteiger partial charge in [0.15, 0.2) is 0 Å². The van der Waals surface area contributed by atoms with E-state index in [1.165, 1.54) is 12.1 Å². The van der Waals surface area contributed by atoms with Gasteiger partial charge in [0.1, 0.15) is 11.6 Å². The summed E-state index contributed by atoms with van der Waals surface area (Å²) in [5.41, 5.74) is 1.54. The van der Waals surface area contributed by atoms with Crippen molar-refractivity contribution in [3.05, 3.63) is 47.8 Å². The van der Waals surface area contributed by atoms with Crippen molar-refractivity contribution in [3.8, 4) is 0 Å². The fourth-order valence-electron chi connectivity index (χ4n) is 1.61. The van der Waals surface area contributed by atoms with E-state index in [2.05, 4.69) is 10.4 Å². The highest BCUT2D eigenvalue weighted by Crippen LogP contribution is 2.10. The first-order valence-corrected chi connectivity index (χ1v) is 5.32. The van der Waals surface area contributed by atoms with Gasteiger partial charge in [-0.3, -0.25) is 4.68 Å². The van der Waals surface area contributed by atoms with Gasteiger partial charge in [0.2, 0.25) is 0 Å². The number of nitrogens with one attached hydrogen (secondary N) is 1. The third-order valence-corrected chi connectivity index (χ3v) is 2.47. The summed E-state index contributed by atoms with van der Waals surface area (Å²) in [4.78, 5) is 0. The molecule has 0 bridgehead atoms. The summed E-state index contributed by atoms with van der Waals surface area (Å²) in [6, 6.07) is 3.55. The van der Waals surface area contributed by atoms with E-state index in [9.17, 15) is 8.78 Å². The molecule has 3 nitrogen and oxygen atoms in total. The molecule has 0 atom stereocenters. The average Bonchev–Trinajstić information content (AvgIpc) is 2.73. The molecular formula is C12H13F2N3. The number of rotatable bonds is 4. The Balaban J connectivity index is 2.01. The summed E-state index contributed by atoms with van der Waals surface area (Å²) in [5.74, 6) is -1.09. The molecule has 0 fully saturated rings. The minimum atomic E-state index is -0.545. The van der Waals surface area contributed by atoms with Gasteiger partial charge in [-0.1, -0.05) is 0 Å². The van der Waals surface area contributed by atoms with Crippen molar-refractivity contribution in [3.63, 3.8) is 0 Å². The fourth-order valence-corrected chi connectivity index (χ4v) is 1.61. The third kappa shape index (κ3) is 3.03. The first kappa shape index (κ1) is 11.6. The number of nitrogens with zero attached hydrogens (tertiary/aromatic N) is 2. The third-order valence-electron chi connectivity index (χ3n) is 2.47. The van der Waals surface area contributed by atoms with Gasteiger partial charge >= 0.3 is 0 Å². The van der Waals surface area contributed by atoms with Crippen LogP contribution in [0, 0.1) is 11.6 Å². The van der Waals surface area contributed by atoms with E-state index >= 15 is 0 Å². The molecule has 0 radical (unpaired) electrons. The normalized spacial score (nSPS) is 10.5. The largest absolute Gasteiger partial charge is 0.386 e. The van der Waals surface area contributed by atoms with Gasteiger partial charge in [0.05, 0.1) is 11.9 Å². The van der Waals surface area contributed by atoms with Gasteiger partial charge in [-0.25, -0.2) is 8.78 Å². The summed E-state index contributed by atoms with van der Waals surface area (Å²) in [6.07, 6.45) is 4.08. The molecule has 2 rings (SSSR count). The van der Waals surface area contributed by atoms with Crippen LogP contribution < -0.4 is 5.32 Å². The minimum Gasteiger partial charge on any atom is -0.386 e. The van der Waals surface area contributed by atoms with E-state index in [1.54, 1.807) is 10.9 Å². The first-order chi connectivity index (χ1) is 8.17. The molecule has 1 aromatic carbocycles. The molecule has 1 aromatic heterocycles. The predicted octanol–water partition coefficient (Wildman–Crippen LogP) is 2.45. The Kier molecular flexibility index (Phi) is 3.37. The number of hydrogen-bond acceptors (Lipinski definition) is 2. The Labute approximate surface area is 98.1 Å². The molecule has 0 aliphatic carbocycles. The lowest BCUT2D eigenvalue weighted by Crippen LogP contribution is -2.02. The monoisotopic (exact) mass is 237 g/mol. The number of aryl methyl sites for hydroxylation is 2. The van der Waals surface area contributed by atoms with Crippen LogP contribution in [-0.4, -0.2) is 16.8 Å². The van der Waals surface area contributed by atoms with Crippen molar-refractivity contribution in [2.24, 2.45) is 0 Å². The van der Waals surface area contributed by atoms with Crippen LogP contribution in [-0.2, 0) is 13.0 Å². The molecule has 0 spiro atoms. The molecule has 1 N–H and O–H groups in total. The number of aromatic nitrogens is 2. The summed E-state index contributed by atoms with van der Waals surface area (Å²) in [7, 11) is 1.81. The van der Waals surface area contributed by atoms with Crippen molar-refractivity contribution in [2.45, 2.75) is 13.0 Å². The average molecular weight is 237 g/mol. The van der Waals surface area contributed by atoms with Crippen molar-refractivity contribution in [1.29, 1.82) is 0 Å². The Hall–Kier alpha value is -1.91. The first-order valence-electron chi connectivity index (χ1n) is 5.32. The molecule has 5 heteroatoms. The van der Waals surface area contributed by atoms with Crippen molar-refractivity contribution in [1.82, 2.24) is 9.78 Å². The Morgan fingerprint density at radius 3 is 2.53 bits per heavy atom. The molecule has 17 heavy (non-hydrogen) atoms. The second-order valence-electron chi connectivity index (χ2n) is 3.77. The lowest BCUT2D eigenvalue weighted by molar-refractivity contribution is 0.570. The van der Waals surface area contributed by atoms with E-state index < -0.39 is 11.6 Å². The van der Waals surface area contributed by atoms with Crippen LogP contribution in [0.4, 0.5) is 14.5 Å². The lowest BCUT2D eigenvalue weighted by Gasteiger charge is -2.03. The summed E-state index contributed by atoms with van der Waals surface area (Å²) in [5, 5.41) is 7.07. The Bertz CT molecular complexity index is 488. The summed E-state index contributed by atoms with van der Waals surface area (Å²) < 4.78 is 27.6. The van der Waals surface area contributed by atoms with Gasteiger partial charge in [-0.05, 0) is 24.1 Å². The Morgan fingerprint density at radius 2 is 1.94 bits per heavy atom. The maximum absolute atomic E-state index is 12.9. The topological polar surface area (TPSA) is 29.9 Å². The van der Waals surface area contributed by atoms with Crippen LogP contribution in [0.15, 0.2) is 30.6 Å². The zero-order valence-corrected chi connectivity index (χ0v) is 9.45. The van der Waals surface area contributed by atoms with Crippen molar-refractivity contribution in [2.75, 3.05) is 12.4 Å². The van der Waals surface area contributed by atoms with E-state index in [0.29, 0.717) is 18.5 Å². The molecule has 0 amide bonds. The highest BCUT2D eigenvalue weighted by Gasteiger charge is 2.02. The smallest absolute Gasteiger partial charge is 0.126 e. The van der Waals surface area contributed by atoms with E-state index in [0.717, 1.165) is 11.8 Å². The van der Waals surface area contributed by atoms with Crippen molar-refractivity contribution >= 4 is 5.69 Å². The second kappa shape index (κ2) is 4.95. The Morgan fingerprint density at radius 1 is 1.24 bits per heavy atom. The SMILES string of the molecule is CNc1cnn(CCc2cc(F)cc(F)c2)c1. The number of halogens is 2. The van der Waals surface area contributed by atoms with Gasteiger partial charge in [-0.15, -0.1) is 0 Å². The van der Waals surface area contributed by atoms with Gasteiger partial charge in [0.25, 0.3) is 0 Å². The number of hydrogen-bond donors (Lipinski definition) is 1. The van der Waals surface area contributed by atoms with Crippen LogP contribution >= 0.6 is 0 Å². The van der Waals surface area contributed by atoms with Gasteiger partial charge in [0, 0.05) is 25.9 Å². The molecule has 0 aliphatic heterocycles. The number of anilines is 1. The highest BCUT2D eigenvalue weighted by molar-refractivity contribution is 5.36. The van der Waals surface area contributed by atoms with E-state index in [4.69, 9.17) is 0 Å². The maximum atomic E-state index is 12.9. The summed E-state index contributed by atoms with van der Waals surface area (Å²) in [6.45, 7) is 0.588. The van der Waals surface area contributed by atoms with Crippen LogP contribution in [0.3, 0.4) is 0 Å². The predicted molar refractivity (Wildman–Crippen MR) is 61.8 cm³/mol. The van der Waals surface area contributed by atoms with E-state index in [1.807, 2.05) is 13.2 Å². The standard InChI is InChI=1S/C12H13F2N3/c1-15-12-7-16-17(8-12)3-2-9-4-10(13)6-11(14)5-9/h4-8,15H,2-3H2,1H3. The maximum Gasteiger partial charge on any atom is 0.126 e. The molecule has 0 saturated carbocycles. The summed E-state index contributed by atoms with van der Waals surface area (Å²) >= 11 is 0. The minimum absolute atomic E-state index is 0.541. The van der Waals surface area contributed by atoms with Crippen LogP contribution in [0.5, 0.6) is 0 Å². The van der Waals surface area contributed by atoms with Crippen molar-refractivity contribution < 1.29 is 8.78 Å². The molecular weight excluding hydrogens is 224 g/mol. The fraction of sp³-hybridized carbons (Fsp3) is 0.250. The second-order valence-corrected chi connectivity index (χ2v) is 3.77. The highest BCUT2D eigenvalue weighted by atomic mass is 19.1. The molecule has 0 unspecified atom stereocenters. The van der Waals surface area contributed by atoms with E-state index in [-0.39, 0.29) is 0 Å². The number of benzene rings is 1. The van der Waals surface area contributed by atoms with Crippen LogP contribution in [0.1, 0.15) is 5.56 Å². The molecule has 90 valence electrons. The lowest BCUT2D eigenvalue weighted by atomic mass is 10.1. The zero-order chi connectivity index (χ0) is 12.3. The quantitative estimate of drug-likeness (QED) is 0.885. The van der Waals surface area contributed by atoms with Crippen LogP contribution in [0.25, 0.3) is 0 Å². The zero-order valence-electron chi connectivity index (χ0n) is 9.45. The molecule has 2 aromatic rings.